The number of hydrogen-bond acceptors (Lipinski definition) is 5. The minimum absolute atomic E-state index is 0.146. The number of carbonyl (C=O) groups excluding carboxylic acids is 1. The third kappa shape index (κ3) is 2.94. The third-order valence-corrected chi connectivity index (χ3v) is 5.03. The molecule has 0 saturated carbocycles. The number of amides is 1. The highest BCUT2D eigenvalue weighted by atomic mass is 16.2. The van der Waals surface area contributed by atoms with Crippen LogP contribution in [0.25, 0.3) is 11.0 Å². The first-order chi connectivity index (χ1) is 12.4. The molecular weight excluding hydrogens is 334 g/mol. The molecule has 2 aromatic heterocycles. The zero-order valence-electron chi connectivity index (χ0n) is 15.7. The van der Waals surface area contributed by atoms with Gasteiger partial charge in [0.2, 0.25) is 0 Å². The maximum Gasteiger partial charge on any atom is 0.332 e. The number of carbonyl (C=O) groups is 1. The summed E-state index contributed by atoms with van der Waals surface area (Å²) in [5.74, 6) is -0.154. The fourth-order valence-corrected chi connectivity index (χ4v) is 3.59. The minimum atomic E-state index is -0.454. The first kappa shape index (κ1) is 18.3. The van der Waals surface area contributed by atoms with Gasteiger partial charge in [-0.3, -0.25) is 18.7 Å². The number of nitrogens with one attached hydrogen (secondary N) is 1. The summed E-state index contributed by atoms with van der Waals surface area (Å²) in [4.78, 5) is 44.1. The molecule has 0 bridgehead atoms. The monoisotopic (exact) mass is 359 g/mol. The van der Waals surface area contributed by atoms with Gasteiger partial charge in [-0.25, -0.2) is 9.78 Å². The van der Waals surface area contributed by atoms with Crippen LogP contribution in [0.5, 0.6) is 0 Å². The fourth-order valence-electron chi connectivity index (χ4n) is 3.59. The van der Waals surface area contributed by atoms with Crippen LogP contribution in [0, 0.1) is 6.92 Å². The van der Waals surface area contributed by atoms with E-state index in [1.54, 1.807) is 20.0 Å². The minimum Gasteiger partial charge on any atom is -0.333 e. The molecule has 140 valence electrons. The fraction of sp³-hybridized carbons (Fsp3) is 0.556. The van der Waals surface area contributed by atoms with Crippen LogP contribution < -0.4 is 16.6 Å². The second-order valence-electron chi connectivity index (χ2n) is 6.87. The Balaban J connectivity index is 2.14. The molecule has 3 rings (SSSR count). The van der Waals surface area contributed by atoms with Crippen molar-refractivity contribution in [3.05, 3.63) is 38.2 Å². The Hall–Kier alpha value is -2.48. The van der Waals surface area contributed by atoms with Crippen LogP contribution in [0.1, 0.15) is 35.8 Å². The van der Waals surface area contributed by atoms with Crippen LogP contribution in [0.15, 0.2) is 15.7 Å². The lowest BCUT2D eigenvalue weighted by Crippen LogP contribution is -2.43. The normalized spacial score (nSPS) is 17.0. The van der Waals surface area contributed by atoms with Crippen molar-refractivity contribution < 1.29 is 4.79 Å². The van der Waals surface area contributed by atoms with E-state index < -0.39 is 11.2 Å². The lowest BCUT2D eigenvalue weighted by atomic mass is 10.1. The van der Waals surface area contributed by atoms with Gasteiger partial charge < -0.3 is 10.2 Å². The van der Waals surface area contributed by atoms with E-state index in [0.29, 0.717) is 17.5 Å². The second-order valence-corrected chi connectivity index (χ2v) is 6.87. The molecule has 1 amide bonds. The topological polar surface area (TPSA) is 89.2 Å². The maximum atomic E-state index is 13.1. The first-order valence-corrected chi connectivity index (χ1v) is 8.95. The van der Waals surface area contributed by atoms with Crippen molar-refractivity contribution in [2.75, 3.05) is 19.6 Å². The van der Waals surface area contributed by atoms with Crippen LogP contribution in [0.4, 0.5) is 0 Å². The molecule has 0 aliphatic carbocycles. The molecule has 8 nitrogen and oxygen atoms in total. The van der Waals surface area contributed by atoms with Crippen molar-refractivity contribution in [2.45, 2.75) is 32.7 Å². The summed E-state index contributed by atoms with van der Waals surface area (Å²) in [6.45, 7) is 6.13. The zero-order chi connectivity index (χ0) is 19.0. The molecule has 3 heterocycles. The Kier molecular flexibility index (Phi) is 4.95. The number of rotatable bonds is 4. The van der Waals surface area contributed by atoms with Gasteiger partial charge in [-0.1, -0.05) is 6.92 Å². The van der Waals surface area contributed by atoms with Gasteiger partial charge in [0, 0.05) is 33.2 Å². The van der Waals surface area contributed by atoms with Gasteiger partial charge in [0.25, 0.3) is 11.5 Å². The molecule has 1 saturated heterocycles. The molecular formula is C18H25N5O3. The van der Waals surface area contributed by atoms with Crippen molar-refractivity contribution in [2.24, 2.45) is 14.1 Å². The Bertz CT molecular complexity index is 969. The lowest BCUT2D eigenvalue weighted by molar-refractivity contribution is 0.0686. The number of fused-ring (bicyclic) bond motifs is 1. The SMILES string of the molecule is CCCN(C(=O)c1cc(C)c2c(=O)n(C)c(=O)n(C)c2n1)C1CCNC1. The summed E-state index contributed by atoms with van der Waals surface area (Å²) in [5, 5.41) is 3.66. The molecule has 1 atom stereocenters. The number of aryl methyl sites for hydroxylation is 2. The zero-order valence-corrected chi connectivity index (χ0v) is 15.7. The van der Waals surface area contributed by atoms with E-state index in [1.807, 2.05) is 11.8 Å². The molecule has 1 aliphatic rings. The summed E-state index contributed by atoms with van der Waals surface area (Å²) < 4.78 is 2.38. The van der Waals surface area contributed by atoms with Crippen molar-refractivity contribution >= 4 is 16.9 Å². The first-order valence-electron chi connectivity index (χ1n) is 8.95. The summed E-state index contributed by atoms with van der Waals surface area (Å²) in [6.07, 6.45) is 1.77. The highest BCUT2D eigenvalue weighted by molar-refractivity contribution is 5.95. The van der Waals surface area contributed by atoms with Crippen LogP contribution in [-0.2, 0) is 14.1 Å². The van der Waals surface area contributed by atoms with Gasteiger partial charge in [0.1, 0.15) is 11.3 Å². The molecule has 0 spiro atoms. The van der Waals surface area contributed by atoms with Crippen LogP contribution in [0.3, 0.4) is 0 Å². The maximum absolute atomic E-state index is 13.1. The molecule has 2 aromatic rings. The van der Waals surface area contributed by atoms with Crippen molar-refractivity contribution in [3.63, 3.8) is 0 Å². The molecule has 1 N–H and O–H groups in total. The van der Waals surface area contributed by atoms with Gasteiger partial charge in [-0.15, -0.1) is 0 Å². The average molecular weight is 359 g/mol. The smallest absolute Gasteiger partial charge is 0.332 e. The number of nitrogens with zero attached hydrogens (tertiary/aromatic N) is 4. The number of pyridine rings is 1. The largest absolute Gasteiger partial charge is 0.333 e. The standard InChI is InChI=1S/C18H25N5O3/c1-5-8-23(12-6-7-19-10-12)16(24)13-9-11(2)14-15(20-13)21(3)18(26)22(4)17(14)25/h9,12,19H,5-8,10H2,1-4H3. The van der Waals surface area contributed by atoms with E-state index >= 15 is 0 Å². The second kappa shape index (κ2) is 7.03. The molecule has 0 aromatic carbocycles. The van der Waals surface area contributed by atoms with Crippen LogP contribution in [0.2, 0.25) is 0 Å². The molecule has 26 heavy (non-hydrogen) atoms. The number of hydrogen-bond donors (Lipinski definition) is 1. The van der Waals surface area contributed by atoms with Crippen molar-refractivity contribution in [1.29, 1.82) is 0 Å². The Morgan fingerprint density at radius 2 is 2.08 bits per heavy atom. The van der Waals surface area contributed by atoms with E-state index in [4.69, 9.17) is 0 Å². The van der Waals surface area contributed by atoms with Gasteiger partial charge in [-0.2, -0.15) is 0 Å². The summed E-state index contributed by atoms with van der Waals surface area (Å²) >= 11 is 0. The van der Waals surface area contributed by atoms with E-state index in [2.05, 4.69) is 10.3 Å². The van der Waals surface area contributed by atoms with E-state index in [0.717, 1.165) is 30.5 Å². The van der Waals surface area contributed by atoms with Gasteiger partial charge in [0.05, 0.1) is 5.39 Å². The molecule has 1 aliphatic heterocycles. The third-order valence-electron chi connectivity index (χ3n) is 5.03. The highest BCUT2D eigenvalue weighted by Crippen LogP contribution is 2.17. The van der Waals surface area contributed by atoms with E-state index in [1.165, 1.54) is 11.6 Å². The predicted octanol–water partition coefficient (Wildman–Crippen LogP) is 0.155. The molecule has 0 radical (unpaired) electrons. The summed E-state index contributed by atoms with van der Waals surface area (Å²) in [6, 6.07) is 1.80. The lowest BCUT2D eigenvalue weighted by Gasteiger charge is -2.28. The average Bonchev–Trinajstić information content (AvgIpc) is 3.15. The van der Waals surface area contributed by atoms with Crippen LogP contribution >= 0.6 is 0 Å². The Morgan fingerprint density at radius 3 is 2.69 bits per heavy atom. The molecule has 8 heteroatoms. The van der Waals surface area contributed by atoms with Gasteiger partial charge >= 0.3 is 5.69 Å². The van der Waals surface area contributed by atoms with Crippen molar-refractivity contribution in [3.8, 4) is 0 Å². The Labute approximate surface area is 151 Å². The van der Waals surface area contributed by atoms with Crippen molar-refractivity contribution in [1.82, 2.24) is 24.3 Å². The Morgan fingerprint density at radius 1 is 1.35 bits per heavy atom. The van der Waals surface area contributed by atoms with Crippen LogP contribution in [-0.4, -0.2) is 50.6 Å². The highest BCUT2D eigenvalue weighted by Gasteiger charge is 2.28. The number of aromatic nitrogens is 3. The van der Waals surface area contributed by atoms with E-state index in [9.17, 15) is 14.4 Å². The summed E-state index contributed by atoms with van der Waals surface area (Å²) in [5.41, 5.74) is 0.332. The summed E-state index contributed by atoms with van der Waals surface area (Å²) in [7, 11) is 3.01. The predicted molar refractivity (Wildman–Crippen MR) is 99.6 cm³/mol. The quantitative estimate of drug-likeness (QED) is 0.840. The van der Waals surface area contributed by atoms with Gasteiger partial charge in [0.15, 0.2) is 0 Å². The molecule has 1 unspecified atom stereocenters. The van der Waals surface area contributed by atoms with E-state index in [-0.39, 0.29) is 23.3 Å². The van der Waals surface area contributed by atoms with Gasteiger partial charge in [-0.05, 0) is 37.9 Å². The molecule has 1 fully saturated rings.